The van der Waals surface area contributed by atoms with Gasteiger partial charge in [-0.3, -0.25) is 9.59 Å². The Kier molecular flexibility index (Phi) is 5.94. The summed E-state index contributed by atoms with van der Waals surface area (Å²) in [7, 11) is 0. The van der Waals surface area contributed by atoms with Gasteiger partial charge in [0.2, 0.25) is 0 Å². The minimum absolute atomic E-state index is 0.0494. The van der Waals surface area contributed by atoms with Gasteiger partial charge in [-0.2, -0.15) is 0 Å². The van der Waals surface area contributed by atoms with Crippen LogP contribution in [0.5, 0.6) is 0 Å². The minimum atomic E-state index is 0.0494. The van der Waals surface area contributed by atoms with Crippen LogP contribution >= 0.6 is 0 Å². The lowest BCUT2D eigenvalue weighted by Crippen LogP contribution is -2.51. The first-order valence-electron chi connectivity index (χ1n) is 16.2. The van der Waals surface area contributed by atoms with Crippen molar-refractivity contribution in [2.75, 3.05) is 13.1 Å². The van der Waals surface area contributed by atoms with E-state index in [1.807, 2.05) is 48.5 Å². The van der Waals surface area contributed by atoms with Crippen LogP contribution in [0.3, 0.4) is 0 Å². The van der Waals surface area contributed by atoms with Crippen molar-refractivity contribution in [2.45, 2.75) is 77.0 Å². The van der Waals surface area contributed by atoms with Gasteiger partial charge in [0.05, 0.1) is 0 Å². The predicted octanol–water partition coefficient (Wildman–Crippen LogP) is 7.25. The highest BCUT2D eigenvalue weighted by Gasteiger charge is 2.52. The maximum absolute atomic E-state index is 13.0. The second kappa shape index (κ2) is 9.46. The van der Waals surface area contributed by atoms with Crippen LogP contribution in [0.15, 0.2) is 48.5 Å². The molecule has 0 aromatic heterocycles. The first-order chi connectivity index (χ1) is 19.4. The highest BCUT2D eigenvalue weighted by Crippen LogP contribution is 2.60. The number of amides is 2. The number of carbonyl (C=O) groups excluding carboxylic acids is 2. The van der Waals surface area contributed by atoms with Crippen LogP contribution in [0, 0.1) is 46.3 Å². The smallest absolute Gasteiger partial charge is 0.251 e. The van der Waals surface area contributed by atoms with Crippen LogP contribution < -0.4 is 10.6 Å². The molecule has 8 aliphatic rings. The summed E-state index contributed by atoms with van der Waals surface area (Å²) < 4.78 is 0. The van der Waals surface area contributed by atoms with Gasteiger partial charge in [0.25, 0.3) is 11.8 Å². The third-order valence-electron chi connectivity index (χ3n) is 12.2. The van der Waals surface area contributed by atoms with E-state index in [-0.39, 0.29) is 11.8 Å². The van der Waals surface area contributed by atoms with E-state index in [0.717, 1.165) is 70.9 Å². The lowest BCUT2D eigenvalue weighted by atomic mass is 9.49. The fraction of sp³-hybridized carbons (Fsp3) is 0.611. The van der Waals surface area contributed by atoms with E-state index in [4.69, 9.17) is 0 Å². The second-order valence-corrected chi connectivity index (χ2v) is 15.4. The number of hydrogen-bond acceptors (Lipinski definition) is 2. The molecule has 8 bridgehead atoms. The molecular formula is C36H44N2O2. The molecule has 2 amide bonds. The summed E-state index contributed by atoms with van der Waals surface area (Å²) in [6, 6.07) is 15.9. The van der Waals surface area contributed by atoms with Gasteiger partial charge in [0.15, 0.2) is 0 Å². The average molecular weight is 537 g/mol. The molecule has 0 saturated heterocycles. The summed E-state index contributed by atoms with van der Waals surface area (Å²) in [5.74, 6) is 5.52. The molecule has 0 unspecified atom stereocenters. The summed E-state index contributed by atoms with van der Waals surface area (Å²) in [5, 5.41) is 6.61. The Morgan fingerprint density at radius 2 is 0.775 bits per heavy atom. The highest BCUT2D eigenvalue weighted by atomic mass is 16.2. The minimum Gasteiger partial charge on any atom is -0.351 e. The SMILES string of the molecule is O=C(NCC12CC3CC(CC(C3)C1)C2)c1ccc(-c2ccc(C(=O)NCC34CC5CC(CC(C5)C3)C4)cc2)cc1. The third kappa shape index (κ3) is 4.60. The third-order valence-corrected chi connectivity index (χ3v) is 12.2. The lowest BCUT2D eigenvalue weighted by Gasteiger charge is -2.56. The Balaban J connectivity index is 0.865. The topological polar surface area (TPSA) is 58.2 Å². The van der Waals surface area contributed by atoms with Crippen molar-refractivity contribution in [1.82, 2.24) is 10.6 Å². The normalized spacial score (nSPS) is 38.4. The van der Waals surface area contributed by atoms with Gasteiger partial charge in [-0.15, -0.1) is 0 Å². The van der Waals surface area contributed by atoms with E-state index in [1.165, 1.54) is 77.0 Å². The zero-order valence-electron chi connectivity index (χ0n) is 23.8. The molecule has 4 heteroatoms. The van der Waals surface area contributed by atoms with Crippen molar-refractivity contribution in [3.05, 3.63) is 59.7 Å². The average Bonchev–Trinajstić information content (AvgIpc) is 2.94. The monoisotopic (exact) mass is 536 g/mol. The summed E-state index contributed by atoms with van der Waals surface area (Å²) in [5.41, 5.74) is 4.31. The highest BCUT2D eigenvalue weighted by molar-refractivity contribution is 5.95. The Hall–Kier alpha value is -2.62. The molecule has 0 aliphatic heterocycles. The molecule has 40 heavy (non-hydrogen) atoms. The van der Waals surface area contributed by atoms with E-state index >= 15 is 0 Å². The van der Waals surface area contributed by atoms with Gasteiger partial charge in [-0.05, 0) is 159 Å². The molecule has 10 rings (SSSR count). The molecule has 4 nitrogen and oxygen atoms in total. The molecule has 8 aliphatic carbocycles. The van der Waals surface area contributed by atoms with Crippen molar-refractivity contribution >= 4 is 11.8 Å². The molecule has 8 fully saturated rings. The van der Waals surface area contributed by atoms with Crippen LogP contribution in [0.25, 0.3) is 11.1 Å². The first-order valence-corrected chi connectivity index (χ1v) is 16.2. The van der Waals surface area contributed by atoms with E-state index in [9.17, 15) is 9.59 Å². The van der Waals surface area contributed by atoms with Crippen LogP contribution in [0.4, 0.5) is 0 Å². The molecule has 0 radical (unpaired) electrons. The van der Waals surface area contributed by atoms with Crippen LogP contribution in [0.2, 0.25) is 0 Å². The Morgan fingerprint density at radius 1 is 0.500 bits per heavy atom. The number of rotatable bonds is 7. The molecule has 0 heterocycles. The number of carbonyl (C=O) groups is 2. The van der Waals surface area contributed by atoms with Gasteiger partial charge in [0, 0.05) is 24.2 Å². The van der Waals surface area contributed by atoms with E-state index in [1.54, 1.807) is 0 Å². The fourth-order valence-electron chi connectivity index (χ4n) is 11.4. The fourth-order valence-corrected chi connectivity index (χ4v) is 11.4. The molecular weight excluding hydrogens is 492 g/mol. The van der Waals surface area contributed by atoms with E-state index in [0.29, 0.717) is 10.8 Å². The van der Waals surface area contributed by atoms with Crippen LogP contribution in [0.1, 0.15) is 97.8 Å². The molecule has 2 N–H and O–H groups in total. The maximum Gasteiger partial charge on any atom is 0.251 e. The van der Waals surface area contributed by atoms with Gasteiger partial charge in [-0.25, -0.2) is 0 Å². The number of hydrogen-bond donors (Lipinski definition) is 2. The molecule has 2 aromatic rings. The molecule has 0 atom stereocenters. The number of nitrogens with one attached hydrogen (secondary N) is 2. The molecule has 210 valence electrons. The maximum atomic E-state index is 13.0. The zero-order chi connectivity index (χ0) is 26.9. The Bertz CT molecular complexity index is 1120. The van der Waals surface area contributed by atoms with Crippen LogP contribution in [-0.2, 0) is 0 Å². The quantitative estimate of drug-likeness (QED) is 0.392. The van der Waals surface area contributed by atoms with Crippen molar-refractivity contribution in [1.29, 1.82) is 0 Å². The zero-order valence-corrected chi connectivity index (χ0v) is 23.8. The summed E-state index contributed by atoms with van der Waals surface area (Å²) in [4.78, 5) is 26.0. The van der Waals surface area contributed by atoms with Crippen molar-refractivity contribution < 1.29 is 9.59 Å². The van der Waals surface area contributed by atoms with Gasteiger partial charge < -0.3 is 10.6 Å². The Labute approximate surface area is 239 Å². The predicted molar refractivity (Wildman–Crippen MR) is 158 cm³/mol. The van der Waals surface area contributed by atoms with Gasteiger partial charge >= 0.3 is 0 Å². The van der Waals surface area contributed by atoms with Crippen molar-refractivity contribution in [3.8, 4) is 11.1 Å². The Morgan fingerprint density at radius 3 is 1.05 bits per heavy atom. The van der Waals surface area contributed by atoms with E-state index in [2.05, 4.69) is 10.6 Å². The van der Waals surface area contributed by atoms with Crippen molar-refractivity contribution in [3.63, 3.8) is 0 Å². The lowest BCUT2D eigenvalue weighted by molar-refractivity contribution is -0.0504. The standard InChI is InChI=1S/C36H44N2O2/c39-33(37-21-35-15-23-9-24(16-35)11-25(10-23)17-35)31-5-1-29(2-6-31)30-3-7-32(8-4-30)34(40)38-22-36-18-26-12-27(19-36)14-28(13-26)20-36/h1-8,23-28H,9-22H2,(H,37,39)(H,38,40). The number of benzene rings is 2. The summed E-state index contributed by atoms with van der Waals surface area (Å²) >= 11 is 0. The largest absolute Gasteiger partial charge is 0.351 e. The molecule has 0 spiro atoms. The van der Waals surface area contributed by atoms with Crippen molar-refractivity contribution in [2.24, 2.45) is 46.3 Å². The summed E-state index contributed by atoms with van der Waals surface area (Å²) in [6.45, 7) is 1.67. The second-order valence-electron chi connectivity index (χ2n) is 15.4. The molecule has 2 aromatic carbocycles. The van der Waals surface area contributed by atoms with Gasteiger partial charge in [0.1, 0.15) is 0 Å². The van der Waals surface area contributed by atoms with E-state index < -0.39 is 0 Å². The van der Waals surface area contributed by atoms with Gasteiger partial charge in [-0.1, -0.05) is 24.3 Å². The first kappa shape index (κ1) is 25.1. The summed E-state index contributed by atoms with van der Waals surface area (Å²) in [6.07, 6.45) is 16.5. The molecule has 8 saturated carbocycles. The van der Waals surface area contributed by atoms with Crippen LogP contribution in [-0.4, -0.2) is 24.9 Å².